The Morgan fingerprint density at radius 3 is 2.35 bits per heavy atom. The zero-order chi connectivity index (χ0) is 17.2. The lowest BCUT2D eigenvalue weighted by Crippen LogP contribution is -2.42. The van der Waals surface area contributed by atoms with Crippen LogP contribution in [0.1, 0.15) is 49.9 Å². The van der Waals surface area contributed by atoms with Gasteiger partial charge in [-0.2, -0.15) is 0 Å². The fourth-order valence-electron chi connectivity index (χ4n) is 2.35. The minimum atomic E-state index is -0.882. The summed E-state index contributed by atoms with van der Waals surface area (Å²) >= 11 is 0. The Balaban J connectivity index is 2.45. The molecule has 0 aliphatic rings. The first kappa shape index (κ1) is 18.7. The van der Waals surface area contributed by atoms with E-state index in [1.165, 1.54) is 0 Å². The van der Waals surface area contributed by atoms with Crippen molar-refractivity contribution in [2.45, 2.75) is 39.5 Å². The molecule has 0 spiro atoms. The van der Waals surface area contributed by atoms with Crippen molar-refractivity contribution in [3.8, 4) is 0 Å². The smallest absolute Gasteiger partial charge is 0.306 e. The minimum absolute atomic E-state index is 0.0513. The molecular weight excluding hydrogens is 296 g/mol. The molecule has 126 valence electrons. The summed E-state index contributed by atoms with van der Waals surface area (Å²) in [4.78, 5) is 34.9. The molecule has 2 amide bonds. The molecule has 1 aromatic rings. The topological polar surface area (TPSA) is 95.5 Å². The number of hydrogen-bond acceptors (Lipinski definition) is 3. The average molecular weight is 320 g/mol. The summed E-state index contributed by atoms with van der Waals surface area (Å²) < 4.78 is 0. The third kappa shape index (κ3) is 6.50. The van der Waals surface area contributed by atoms with Gasteiger partial charge < -0.3 is 5.11 Å². The van der Waals surface area contributed by atoms with Crippen molar-refractivity contribution >= 4 is 17.8 Å². The largest absolute Gasteiger partial charge is 0.481 e. The van der Waals surface area contributed by atoms with Crippen LogP contribution < -0.4 is 10.9 Å². The Bertz CT molecular complexity index is 531. The second-order valence-electron chi connectivity index (χ2n) is 5.64. The molecule has 0 fully saturated rings. The molecule has 0 radical (unpaired) electrons. The molecule has 6 nitrogen and oxygen atoms in total. The maximum atomic E-state index is 11.9. The molecule has 0 saturated heterocycles. The number of amides is 2. The van der Waals surface area contributed by atoms with Crippen LogP contribution in [0.2, 0.25) is 0 Å². The van der Waals surface area contributed by atoms with Crippen LogP contribution in [0.25, 0.3) is 0 Å². The number of aliphatic carboxylic acids is 1. The van der Waals surface area contributed by atoms with E-state index < -0.39 is 23.7 Å². The number of hydrogen-bond donors (Lipinski definition) is 3. The van der Waals surface area contributed by atoms with Gasteiger partial charge in [0.1, 0.15) is 0 Å². The number of carboxylic acid groups (broad SMARTS) is 1. The van der Waals surface area contributed by atoms with Crippen LogP contribution in [0.15, 0.2) is 30.3 Å². The van der Waals surface area contributed by atoms with Crippen molar-refractivity contribution in [2.24, 2.45) is 11.8 Å². The number of hydrazine groups is 1. The van der Waals surface area contributed by atoms with Gasteiger partial charge in [-0.15, -0.1) is 0 Å². The van der Waals surface area contributed by atoms with Gasteiger partial charge in [-0.1, -0.05) is 44.9 Å². The molecule has 23 heavy (non-hydrogen) atoms. The fourth-order valence-corrected chi connectivity index (χ4v) is 2.35. The lowest BCUT2D eigenvalue weighted by atomic mass is 9.87. The van der Waals surface area contributed by atoms with Gasteiger partial charge in [-0.05, 0) is 24.5 Å². The van der Waals surface area contributed by atoms with E-state index in [0.29, 0.717) is 12.0 Å². The second-order valence-corrected chi connectivity index (χ2v) is 5.64. The number of carboxylic acids is 1. The Labute approximate surface area is 136 Å². The molecule has 0 heterocycles. The van der Waals surface area contributed by atoms with Gasteiger partial charge in [0.25, 0.3) is 5.91 Å². The van der Waals surface area contributed by atoms with Crippen LogP contribution in [0, 0.1) is 11.8 Å². The lowest BCUT2D eigenvalue weighted by molar-refractivity contribution is -0.144. The fraction of sp³-hybridized carbons (Fsp3) is 0.471. The molecule has 3 N–H and O–H groups in total. The van der Waals surface area contributed by atoms with Gasteiger partial charge in [-0.3, -0.25) is 25.2 Å². The Hall–Kier alpha value is -2.37. The van der Waals surface area contributed by atoms with Crippen LogP contribution in [-0.2, 0) is 9.59 Å². The summed E-state index contributed by atoms with van der Waals surface area (Å²) in [6.07, 6.45) is 2.33. The Morgan fingerprint density at radius 1 is 1.13 bits per heavy atom. The second kappa shape index (κ2) is 9.61. The summed E-state index contributed by atoms with van der Waals surface area (Å²) in [5.41, 5.74) is 5.10. The predicted octanol–water partition coefficient (Wildman–Crippen LogP) is 2.36. The number of unbranched alkanes of at least 4 members (excludes halogenated alkanes) is 1. The molecule has 0 aliphatic carbocycles. The molecular formula is C17H24N2O4. The summed E-state index contributed by atoms with van der Waals surface area (Å²) in [7, 11) is 0. The molecule has 0 aromatic heterocycles. The van der Waals surface area contributed by atoms with Gasteiger partial charge in [0.15, 0.2) is 0 Å². The van der Waals surface area contributed by atoms with Gasteiger partial charge in [0.2, 0.25) is 5.91 Å². The van der Waals surface area contributed by atoms with Crippen LogP contribution in [0.3, 0.4) is 0 Å². The van der Waals surface area contributed by atoms with Gasteiger partial charge in [-0.25, -0.2) is 0 Å². The third-order valence-electron chi connectivity index (χ3n) is 3.73. The van der Waals surface area contributed by atoms with Crippen molar-refractivity contribution in [2.75, 3.05) is 0 Å². The Kier molecular flexibility index (Phi) is 7.80. The SMILES string of the molecule is CCCC[C@@H](C(=O)O)[C@H](C)CC(=O)NNC(=O)c1ccccc1. The zero-order valence-electron chi connectivity index (χ0n) is 13.5. The summed E-state index contributed by atoms with van der Waals surface area (Å²) in [6.45, 7) is 3.74. The van der Waals surface area contributed by atoms with E-state index >= 15 is 0 Å². The van der Waals surface area contributed by atoms with Crippen molar-refractivity contribution in [3.63, 3.8) is 0 Å². The number of nitrogens with one attached hydrogen (secondary N) is 2. The lowest BCUT2D eigenvalue weighted by Gasteiger charge is -2.19. The van der Waals surface area contributed by atoms with E-state index in [4.69, 9.17) is 0 Å². The van der Waals surface area contributed by atoms with E-state index in [9.17, 15) is 19.5 Å². The van der Waals surface area contributed by atoms with Crippen molar-refractivity contribution in [3.05, 3.63) is 35.9 Å². The van der Waals surface area contributed by atoms with Crippen LogP contribution in [0.4, 0.5) is 0 Å². The van der Waals surface area contributed by atoms with Crippen molar-refractivity contribution in [1.82, 2.24) is 10.9 Å². The molecule has 0 unspecified atom stereocenters. The van der Waals surface area contributed by atoms with Crippen molar-refractivity contribution < 1.29 is 19.5 Å². The van der Waals surface area contributed by atoms with Gasteiger partial charge in [0, 0.05) is 12.0 Å². The van der Waals surface area contributed by atoms with Crippen LogP contribution >= 0.6 is 0 Å². The Morgan fingerprint density at radius 2 is 1.78 bits per heavy atom. The third-order valence-corrected chi connectivity index (χ3v) is 3.73. The van der Waals surface area contributed by atoms with E-state index in [0.717, 1.165) is 12.8 Å². The molecule has 0 bridgehead atoms. The highest BCUT2D eigenvalue weighted by atomic mass is 16.4. The van der Waals surface area contributed by atoms with Crippen molar-refractivity contribution in [1.29, 1.82) is 0 Å². The van der Waals surface area contributed by atoms with Gasteiger partial charge >= 0.3 is 5.97 Å². The molecule has 0 aliphatic heterocycles. The summed E-state index contributed by atoms with van der Waals surface area (Å²) in [6, 6.07) is 8.51. The number of carbonyl (C=O) groups is 3. The van der Waals surface area contributed by atoms with E-state index in [-0.39, 0.29) is 12.3 Å². The first-order chi connectivity index (χ1) is 11.0. The first-order valence-corrected chi connectivity index (χ1v) is 7.82. The highest BCUT2D eigenvalue weighted by Crippen LogP contribution is 2.21. The highest BCUT2D eigenvalue weighted by molar-refractivity contribution is 5.95. The first-order valence-electron chi connectivity index (χ1n) is 7.82. The van der Waals surface area contributed by atoms with E-state index in [1.807, 2.05) is 6.92 Å². The van der Waals surface area contributed by atoms with Crippen LogP contribution in [-0.4, -0.2) is 22.9 Å². The molecule has 1 rings (SSSR count). The number of rotatable bonds is 8. The van der Waals surface area contributed by atoms with E-state index in [2.05, 4.69) is 10.9 Å². The molecule has 6 heteroatoms. The van der Waals surface area contributed by atoms with E-state index in [1.54, 1.807) is 37.3 Å². The standard InChI is InChI=1S/C17H24N2O4/c1-3-4-10-14(17(22)23)12(2)11-15(20)18-19-16(21)13-8-6-5-7-9-13/h5-9,12,14H,3-4,10-11H2,1-2H3,(H,18,20)(H,19,21)(H,22,23)/t12-,14-/m1/s1. The number of benzene rings is 1. The number of carbonyl (C=O) groups excluding carboxylic acids is 2. The molecule has 1 aromatic carbocycles. The highest BCUT2D eigenvalue weighted by Gasteiger charge is 2.26. The predicted molar refractivity (Wildman–Crippen MR) is 86.5 cm³/mol. The zero-order valence-corrected chi connectivity index (χ0v) is 13.5. The monoisotopic (exact) mass is 320 g/mol. The maximum Gasteiger partial charge on any atom is 0.306 e. The minimum Gasteiger partial charge on any atom is -0.481 e. The average Bonchev–Trinajstić information content (AvgIpc) is 2.53. The summed E-state index contributed by atoms with van der Waals surface area (Å²) in [5, 5.41) is 9.25. The van der Waals surface area contributed by atoms with Gasteiger partial charge in [0.05, 0.1) is 5.92 Å². The summed E-state index contributed by atoms with van der Waals surface area (Å²) in [5.74, 6) is -2.54. The normalized spacial score (nSPS) is 13.0. The maximum absolute atomic E-state index is 11.9. The van der Waals surface area contributed by atoms with Crippen LogP contribution in [0.5, 0.6) is 0 Å². The quantitative estimate of drug-likeness (QED) is 0.641. The molecule has 0 saturated carbocycles. The molecule has 2 atom stereocenters.